The number of carbonyl (C=O) groups excluding carboxylic acids is 4. The van der Waals surface area contributed by atoms with E-state index in [0.717, 1.165) is 17.1 Å². The Bertz CT molecular complexity index is 561. The summed E-state index contributed by atoms with van der Waals surface area (Å²) in [6, 6.07) is 0. The van der Waals surface area contributed by atoms with E-state index in [4.69, 9.17) is 5.11 Å². The van der Waals surface area contributed by atoms with Crippen LogP contribution in [0.2, 0.25) is 0 Å². The summed E-state index contributed by atoms with van der Waals surface area (Å²) in [5, 5.41) is 20.2. The molecule has 0 aromatic carbocycles. The summed E-state index contributed by atoms with van der Waals surface area (Å²) in [4.78, 5) is 47.0. The van der Waals surface area contributed by atoms with Crippen molar-refractivity contribution in [1.29, 1.82) is 0 Å². The van der Waals surface area contributed by atoms with Crippen LogP contribution in [0.4, 0.5) is 0 Å². The highest BCUT2D eigenvalue weighted by atomic mass is 16.4. The van der Waals surface area contributed by atoms with Gasteiger partial charge < -0.3 is 15.5 Å². The van der Waals surface area contributed by atoms with Crippen LogP contribution in [0.1, 0.15) is 34.1 Å². The van der Waals surface area contributed by atoms with Crippen molar-refractivity contribution in [3.63, 3.8) is 0 Å². The minimum Gasteiger partial charge on any atom is -0.564 e. The second kappa shape index (κ2) is 7.12. The fourth-order valence-corrected chi connectivity index (χ4v) is 2.48. The van der Waals surface area contributed by atoms with Crippen molar-refractivity contribution < 1.29 is 29.4 Å². The monoisotopic (exact) mass is 341 g/mol. The number of nitrogens with zero attached hydrogens (tertiary/aromatic N) is 1. The van der Waals surface area contributed by atoms with Crippen molar-refractivity contribution in [2.24, 2.45) is 10.8 Å². The molecule has 8 nitrogen and oxygen atoms in total. The Hall–Kier alpha value is -2.22. The Morgan fingerprint density at radius 2 is 1.71 bits per heavy atom. The van der Waals surface area contributed by atoms with Gasteiger partial charge in [0.05, 0.1) is 6.10 Å². The van der Waals surface area contributed by atoms with Crippen LogP contribution in [0.3, 0.4) is 0 Å². The Morgan fingerprint density at radius 3 is 2.17 bits per heavy atom. The van der Waals surface area contributed by atoms with E-state index >= 15 is 0 Å². The number of amides is 3. The molecular weight excluding hydrogens is 316 g/mol. The van der Waals surface area contributed by atoms with Gasteiger partial charge in [0.2, 0.25) is 5.91 Å². The summed E-state index contributed by atoms with van der Waals surface area (Å²) in [6.45, 7) is 6.39. The lowest BCUT2D eigenvalue weighted by molar-refractivity contribution is -0.159. The molecule has 0 aliphatic carbocycles. The van der Waals surface area contributed by atoms with Gasteiger partial charge in [-0.1, -0.05) is 13.8 Å². The van der Waals surface area contributed by atoms with Gasteiger partial charge in [-0.05, 0) is 13.8 Å². The molecule has 0 spiro atoms. The quantitative estimate of drug-likeness (QED) is 0.436. The van der Waals surface area contributed by atoms with E-state index in [-0.39, 0.29) is 25.4 Å². The zero-order valence-corrected chi connectivity index (χ0v) is 14.4. The second-order valence-electron chi connectivity index (χ2n) is 7.13. The van der Waals surface area contributed by atoms with Gasteiger partial charge in [-0.15, -0.1) is 0 Å². The SMILES string of the molecule is CC(C)(CNC(=O)CCN1C(=O)C=CC1=O)C(O)C(C)(C)C(=O)[OH2+]. The van der Waals surface area contributed by atoms with Gasteiger partial charge in [0, 0.05) is 41.9 Å². The van der Waals surface area contributed by atoms with Crippen LogP contribution < -0.4 is 5.32 Å². The largest absolute Gasteiger partial charge is 0.564 e. The molecule has 134 valence electrons. The maximum Gasteiger partial charge on any atom is 0.524 e. The molecule has 24 heavy (non-hydrogen) atoms. The molecule has 1 rings (SSSR count). The molecule has 1 aliphatic heterocycles. The topological polar surface area (TPSA) is 127 Å². The van der Waals surface area contributed by atoms with E-state index in [1.54, 1.807) is 13.8 Å². The number of imide groups is 1. The molecule has 4 N–H and O–H groups in total. The summed E-state index contributed by atoms with van der Waals surface area (Å²) in [5.74, 6) is -2.15. The van der Waals surface area contributed by atoms with Crippen LogP contribution >= 0.6 is 0 Å². The van der Waals surface area contributed by atoms with Gasteiger partial charge in [-0.3, -0.25) is 19.3 Å². The molecule has 0 radical (unpaired) electrons. The van der Waals surface area contributed by atoms with E-state index in [9.17, 15) is 24.3 Å². The second-order valence-corrected chi connectivity index (χ2v) is 7.13. The van der Waals surface area contributed by atoms with E-state index in [2.05, 4.69) is 5.32 Å². The first-order chi connectivity index (χ1) is 10.9. The van der Waals surface area contributed by atoms with Crippen molar-refractivity contribution >= 4 is 23.7 Å². The highest BCUT2D eigenvalue weighted by Crippen LogP contribution is 2.34. The van der Waals surface area contributed by atoms with E-state index in [0.29, 0.717) is 0 Å². The summed E-state index contributed by atoms with van der Waals surface area (Å²) < 4.78 is 0. The van der Waals surface area contributed by atoms with Crippen LogP contribution in [0.25, 0.3) is 0 Å². The number of aliphatic hydroxyl groups excluding tert-OH is 1. The minimum atomic E-state index is -1.26. The minimum absolute atomic E-state index is 0.0177. The van der Waals surface area contributed by atoms with E-state index in [1.807, 2.05) is 0 Å². The number of nitrogens with one attached hydrogen (secondary N) is 1. The smallest absolute Gasteiger partial charge is 0.524 e. The molecule has 0 bridgehead atoms. The molecule has 0 saturated carbocycles. The molecule has 1 aliphatic rings. The lowest BCUT2D eigenvalue weighted by Crippen LogP contribution is -2.51. The average molecular weight is 341 g/mol. The Kier molecular flexibility index (Phi) is 5.89. The number of hydrogen-bond donors (Lipinski definition) is 2. The predicted molar refractivity (Wildman–Crippen MR) is 85.7 cm³/mol. The molecule has 1 atom stereocenters. The van der Waals surface area contributed by atoms with Crippen LogP contribution in [-0.4, -0.2) is 58.0 Å². The predicted octanol–water partition coefficient (Wildman–Crippen LogP) is -0.918. The van der Waals surface area contributed by atoms with Gasteiger partial charge in [0.15, 0.2) is 0 Å². The average Bonchev–Trinajstić information content (AvgIpc) is 2.81. The number of aliphatic hydroxyl groups is 1. The maximum atomic E-state index is 11.9. The molecule has 1 unspecified atom stereocenters. The van der Waals surface area contributed by atoms with Crippen LogP contribution in [0.5, 0.6) is 0 Å². The summed E-state index contributed by atoms with van der Waals surface area (Å²) in [6.07, 6.45) is 1.13. The van der Waals surface area contributed by atoms with Gasteiger partial charge in [0.25, 0.3) is 11.8 Å². The maximum absolute atomic E-state index is 11.9. The summed E-state index contributed by atoms with van der Waals surface area (Å²) in [5.41, 5.74) is -2.09. The third-order valence-electron chi connectivity index (χ3n) is 4.21. The van der Waals surface area contributed by atoms with Crippen LogP contribution in [0.15, 0.2) is 12.2 Å². The number of carbonyl (C=O) groups is 4. The standard InChI is InChI=1S/C16H24N2O6/c1-15(2,13(22)16(3,4)14(23)24)9-17-10(19)7-8-18-11(20)5-6-12(18)21/h5-6,13,22H,7-9H2,1-4H3,(H,17,19)(H,23,24)/p+1. The van der Waals surface area contributed by atoms with Crippen LogP contribution in [0, 0.1) is 10.8 Å². The van der Waals surface area contributed by atoms with Gasteiger partial charge >= 0.3 is 5.97 Å². The molecular formula is C16H25N2O6+. The zero-order chi connectivity index (χ0) is 18.7. The molecule has 0 aromatic heterocycles. The molecule has 3 amide bonds. The first-order valence-electron chi connectivity index (χ1n) is 7.64. The Morgan fingerprint density at radius 1 is 1.21 bits per heavy atom. The molecule has 1 heterocycles. The first-order valence-corrected chi connectivity index (χ1v) is 7.64. The Balaban J connectivity index is 2.52. The highest BCUT2D eigenvalue weighted by Gasteiger charge is 2.49. The normalized spacial score (nSPS) is 16.5. The van der Waals surface area contributed by atoms with E-state index < -0.39 is 34.7 Å². The van der Waals surface area contributed by atoms with Gasteiger partial charge in [-0.25, -0.2) is 0 Å². The molecule has 0 saturated heterocycles. The lowest BCUT2D eigenvalue weighted by atomic mass is 9.72. The first kappa shape index (κ1) is 19.8. The van der Waals surface area contributed by atoms with Crippen LogP contribution in [-0.2, 0) is 19.2 Å². The summed E-state index contributed by atoms with van der Waals surface area (Å²) >= 11 is 0. The number of hydrogen-bond acceptors (Lipinski definition) is 5. The van der Waals surface area contributed by atoms with E-state index in [1.165, 1.54) is 13.8 Å². The number of rotatable bonds is 8. The van der Waals surface area contributed by atoms with Gasteiger partial charge in [-0.2, -0.15) is 0 Å². The van der Waals surface area contributed by atoms with Crippen molar-refractivity contribution in [3.05, 3.63) is 12.2 Å². The Labute approximate surface area is 140 Å². The molecule has 0 aromatic rings. The van der Waals surface area contributed by atoms with Crippen molar-refractivity contribution in [2.45, 2.75) is 40.2 Å². The fraction of sp³-hybridized carbons (Fsp3) is 0.625. The van der Waals surface area contributed by atoms with Gasteiger partial charge in [0.1, 0.15) is 5.41 Å². The van der Waals surface area contributed by atoms with Crippen molar-refractivity contribution in [1.82, 2.24) is 10.2 Å². The third kappa shape index (κ3) is 4.41. The zero-order valence-electron chi connectivity index (χ0n) is 14.4. The van der Waals surface area contributed by atoms with Crippen molar-refractivity contribution in [2.75, 3.05) is 13.1 Å². The molecule has 8 heteroatoms. The summed E-state index contributed by atoms with van der Waals surface area (Å²) in [7, 11) is 0. The molecule has 0 fully saturated rings. The lowest BCUT2D eigenvalue weighted by Gasteiger charge is -2.36. The third-order valence-corrected chi connectivity index (χ3v) is 4.21. The highest BCUT2D eigenvalue weighted by molar-refractivity contribution is 6.13. The fourth-order valence-electron chi connectivity index (χ4n) is 2.48. The van der Waals surface area contributed by atoms with Crippen molar-refractivity contribution in [3.8, 4) is 0 Å².